The van der Waals surface area contributed by atoms with E-state index >= 15 is 0 Å². The molecule has 0 fully saturated rings. The Bertz CT molecular complexity index is 1020. The number of hydrogen-bond donors (Lipinski definition) is 2. The van der Waals surface area contributed by atoms with Gasteiger partial charge in [0.25, 0.3) is 5.91 Å². The van der Waals surface area contributed by atoms with Crippen molar-refractivity contribution in [2.45, 2.75) is 13.3 Å². The average Bonchev–Trinajstić information content (AvgIpc) is 3.21. The van der Waals surface area contributed by atoms with Crippen LogP contribution in [-0.2, 0) is 6.42 Å². The summed E-state index contributed by atoms with van der Waals surface area (Å²) in [6.45, 7) is 2.10. The van der Waals surface area contributed by atoms with Crippen LogP contribution in [0.15, 0.2) is 46.9 Å². The number of methoxy groups -OCH3 is 1. The Morgan fingerprint density at radius 1 is 1.36 bits per heavy atom. The Balaban J connectivity index is 1.68. The van der Waals surface area contributed by atoms with Gasteiger partial charge in [-0.3, -0.25) is 4.79 Å². The van der Waals surface area contributed by atoms with E-state index in [2.05, 4.69) is 34.6 Å². The van der Waals surface area contributed by atoms with Crippen molar-refractivity contribution in [3.05, 3.63) is 63.6 Å². The van der Waals surface area contributed by atoms with Crippen LogP contribution in [-0.4, -0.2) is 29.3 Å². The number of nitrogens with one attached hydrogen (secondary N) is 1. The van der Waals surface area contributed by atoms with Crippen LogP contribution in [0.1, 0.15) is 28.5 Å². The summed E-state index contributed by atoms with van der Waals surface area (Å²) in [5.41, 5.74) is 5.50. The first-order valence-corrected chi connectivity index (χ1v) is 9.72. The molecule has 0 saturated carbocycles. The second-order valence-electron chi connectivity index (χ2n) is 5.84. The van der Waals surface area contributed by atoms with Gasteiger partial charge in [0, 0.05) is 10.9 Å². The number of rotatable bonds is 6. The quantitative estimate of drug-likeness (QED) is 0.458. The molecular formula is C20H18ClN3O3S. The number of carbonyl (C=O) groups excluding carboxylic acids is 1. The minimum absolute atomic E-state index is 0.130. The minimum Gasteiger partial charge on any atom is -0.503 e. The molecule has 0 atom stereocenters. The van der Waals surface area contributed by atoms with Crippen LogP contribution in [0.2, 0.25) is 5.02 Å². The highest BCUT2D eigenvalue weighted by Gasteiger charge is 2.12. The summed E-state index contributed by atoms with van der Waals surface area (Å²) in [5.74, 6) is -0.341. The summed E-state index contributed by atoms with van der Waals surface area (Å²) in [7, 11) is 1.42. The van der Waals surface area contributed by atoms with Gasteiger partial charge in [0.05, 0.1) is 18.3 Å². The number of phenols is 1. The fourth-order valence-electron chi connectivity index (χ4n) is 2.44. The van der Waals surface area contributed by atoms with Crippen molar-refractivity contribution in [2.75, 3.05) is 7.11 Å². The number of nitrogens with zero attached hydrogens (tertiary/aromatic N) is 2. The maximum atomic E-state index is 12.3. The molecule has 0 spiro atoms. The highest BCUT2D eigenvalue weighted by Crippen LogP contribution is 2.34. The number of amides is 1. The van der Waals surface area contributed by atoms with E-state index in [1.165, 1.54) is 36.3 Å². The summed E-state index contributed by atoms with van der Waals surface area (Å²) < 4.78 is 5.03. The zero-order chi connectivity index (χ0) is 20.1. The number of halogens is 1. The van der Waals surface area contributed by atoms with Gasteiger partial charge in [-0.05, 0) is 29.7 Å². The van der Waals surface area contributed by atoms with Crippen LogP contribution in [0.25, 0.3) is 10.6 Å². The Morgan fingerprint density at radius 2 is 2.11 bits per heavy atom. The molecule has 8 heteroatoms. The fourth-order valence-corrected chi connectivity index (χ4v) is 3.47. The van der Waals surface area contributed by atoms with Crippen LogP contribution in [0, 0.1) is 0 Å². The van der Waals surface area contributed by atoms with E-state index in [4.69, 9.17) is 16.3 Å². The molecule has 144 valence electrons. The molecular weight excluding hydrogens is 398 g/mol. The molecule has 2 aromatic carbocycles. The lowest BCUT2D eigenvalue weighted by atomic mass is 10.1. The zero-order valence-corrected chi connectivity index (χ0v) is 16.8. The molecule has 0 saturated heterocycles. The number of hydrazone groups is 1. The zero-order valence-electron chi connectivity index (χ0n) is 15.3. The van der Waals surface area contributed by atoms with Gasteiger partial charge in [-0.2, -0.15) is 5.10 Å². The van der Waals surface area contributed by atoms with Crippen molar-refractivity contribution in [3.63, 3.8) is 0 Å². The van der Waals surface area contributed by atoms with Crippen LogP contribution in [0.4, 0.5) is 0 Å². The first-order chi connectivity index (χ1) is 13.5. The number of aryl methyl sites for hydroxylation is 1. The van der Waals surface area contributed by atoms with E-state index in [0.717, 1.165) is 17.0 Å². The predicted octanol–water partition coefficient (Wildman–Crippen LogP) is 4.50. The second-order valence-corrected chi connectivity index (χ2v) is 7.11. The summed E-state index contributed by atoms with van der Waals surface area (Å²) in [6.07, 6.45) is 2.38. The van der Waals surface area contributed by atoms with Crippen LogP contribution < -0.4 is 10.2 Å². The van der Waals surface area contributed by atoms with Gasteiger partial charge in [0.1, 0.15) is 10.7 Å². The molecule has 0 aliphatic heterocycles. The number of carbonyl (C=O) groups is 1. The molecule has 2 N–H and O–H groups in total. The monoisotopic (exact) mass is 415 g/mol. The molecule has 1 heterocycles. The van der Waals surface area contributed by atoms with E-state index in [9.17, 15) is 9.90 Å². The van der Waals surface area contributed by atoms with Crippen molar-refractivity contribution in [3.8, 4) is 22.1 Å². The first-order valence-electron chi connectivity index (χ1n) is 8.46. The molecule has 3 rings (SSSR count). The summed E-state index contributed by atoms with van der Waals surface area (Å²) >= 11 is 7.32. The normalized spacial score (nSPS) is 11.0. The predicted molar refractivity (Wildman–Crippen MR) is 112 cm³/mol. The van der Waals surface area contributed by atoms with Gasteiger partial charge in [-0.1, -0.05) is 42.8 Å². The molecule has 1 amide bonds. The van der Waals surface area contributed by atoms with Crippen molar-refractivity contribution in [2.24, 2.45) is 5.10 Å². The van der Waals surface area contributed by atoms with Gasteiger partial charge in [0.2, 0.25) is 0 Å². The Morgan fingerprint density at radius 3 is 2.79 bits per heavy atom. The smallest absolute Gasteiger partial charge is 0.290 e. The molecule has 0 aliphatic carbocycles. The minimum atomic E-state index is -0.416. The molecule has 28 heavy (non-hydrogen) atoms. The lowest BCUT2D eigenvalue weighted by molar-refractivity contribution is 0.0951. The maximum absolute atomic E-state index is 12.3. The van der Waals surface area contributed by atoms with Crippen LogP contribution >= 0.6 is 22.9 Å². The number of hydrogen-bond acceptors (Lipinski definition) is 6. The molecule has 6 nitrogen and oxygen atoms in total. The number of phenolic OH excluding ortho intramolecular Hbond substituents is 1. The molecule has 3 aromatic rings. The van der Waals surface area contributed by atoms with Crippen molar-refractivity contribution >= 4 is 35.1 Å². The third-order valence-electron chi connectivity index (χ3n) is 4.00. The molecule has 0 aliphatic rings. The Labute approximate surface area is 171 Å². The van der Waals surface area contributed by atoms with E-state index < -0.39 is 5.91 Å². The van der Waals surface area contributed by atoms with Gasteiger partial charge < -0.3 is 9.84 Å². The molecule has 0 radical (unpaired) electrons. The van der Waals surface area contributed by atoms with E-state index in [-0.39, 0.29) is 22.2 Å². The maximum Gasteiger partial charge on any atom is 0.290 e. The van der Waals surface area contributed by atoms with Gasteiger partial charge in [-0.15, -0.1) is 11.3 Å². The number of aromatic hydroxyl groups is 1. The number of aromatic nitrogens is 1. The van der Waals surface area contributed by atoms with Crippen LogP contribution in [0.3, 0.4) is 0 Å². The fraction of sp³-hybridized carbons (Fsp3) is 0.150. The first kappa shape index (κ1) is 19.9. The van der Waals surface area contributed by atoms with Crippen molar-refractivity contribution < 1.29 is 14.6 Å². The summed E-state index contributed by atoms with van der Waals surface area (Å²) in [4.78, 5) is 16.6. The highest BCUT2D eigenvalue weighted by atomic mass is 35.5. The average molecular weight is 416 g/mol. The number of thiazole rings is 1. The van der Waals surface area contributed by atoms with Gasteiger partial charge in [-0.25, -0.2) is 10.4 Å². The van der Waals surface area contributed by atoms with Gasteiger partial charge >= 0.3 is 0 Å². The highest BCUT2D eigenvalue weighted by molar-refractivity contribution is 7.13. The summed E-state index contributed by atoms with van der Waals surface area (Å²) in [5, 5.41) is 16.2. The van der Waals surface area contributed by atoms with E-state index in [1.54, 1.807) is 11.4 Å². The topological polar surface area (TPSA) is 83.8 Å². The lowest BCUT2D eigenvalue weighted by Crippen LogP contribution is -2.17. The van der Waals surface area contributed by atoms with Gasteiger partial charge in [0.15, 0.2) is 11.5 Å². The molecule has 1 aromatic heterocycles. The van der Waals surface area contributed by atoms with E-state index in [1.807, 2.05) is 12.1 Å². The van der Waals surface area contributed by atoms with Crippen LogP contribution in [0.5, 0.6) is 11.5 Å². The van der Waals surface area contributed by atoms with Crippen molar-refractivity contribution in [1.82, 2.24) is 10.4 Å². The number of benzene rings is 2. The number of ether oxygens (including phenoxy) is 1. The third-order valence-corrected chi connectivity index (χ3v) is 5.18. The third kappa shape index (κ3) is 4.49. The van der Waals surface area contributed by atoms with Crippen molar-refractivity contribution in [1.29, 1.82) is 0 Å². The van der Waals surface area contributed by atoms with E-state index in [0.29, 0.717) is 5.56 Å². The standard InChI is InChI=1S/C20H18ClN3O3S/c1-3-12-4-6-14(7-5-12)20-23-16(11-28-20)19(26)24-22-10-13-8-15(21)18(25)17(9-13)27-2/h4-11,25H,3H2,1-2H3,(H,24,26)/b22-10+. The largest absolute Gasteiger partial charge is 0.503 e. The Kier molecular flexibility index (Phi) is 6.28. The SMILES string of the molecule is CCc1ccc(-c2nc(C(=O)N/N=C/c3cc(Cl)c(O)c(OC)c3)cs2)cc1. The Hall–Kier alpha value is -2.90. The molecule has 0 bridgehead atoms. The lowest BCUT2D eigenvalue weighted by Gasteiger charge is -2.05. The second kappa shape index (κ2) is 8.86. The summed E-state index contributed by atoms with van der Waals surface area (Å²) in [6, 6.07) is 11.2. The molecule has 0 unspecified atom stereocenters.